The van der Waals surface area contributed by atoms with Gasteiger partial charge in [-0.25, -0.2) is 9.59 Å². The fraction of sp³-hybridized carbons (Fsp3) is 0.423. The molecule has 0 spiro atoms. The highest BCUT2D eigenvalue weighted by Gasteiger charge is 2.39. The Morgan fingerprint density at radius 1 is 1.00 bits per heavy atom. The Kier molecular flexibility index (Phi) is 11.2. The summed E-state index contributed by atoms with van der Waals surface area (Å²) < 4.78 is 70.9. The minimum Gasteiger partial charge on any atom is -0.475 e. The summed E-state index contributed by atoms with van der Waals surface area (Å²) in [7, 11) is 2.16. The standard InChI is InChI=1S/C22H26N6O3.2C2HF3O2/c1-26-6-8-27(9-7-26)10-11-28-13-15-12-16(2-3-18(15)25-28)24-21(29)17-14-31-19-4-5-23-22(30)20(17)19;2*3-2(4,5)1(6)7/h2-3,12-14H,4-11H2,1H3,(H,23,30)(H,24,29);2*(H,6,7). The average molecular weight is 651 g/mol. The summed E-state index contributed by atoms with van der Waals surface area (Å²) in [5.41, 5.74) is 2.13. The molecule has 2 aromatic heterocycles. The second-order valence-corrected chi connectivity index (χ2v) is 9.82. The van der Waals surface area contributed by atoms with Crippen molar-refractivity contribution in [2.75, 3.05) is 51.6 Å². The van der Waals surface area contributed by atoms with Crippen molar-refractivity contribution in [3.05, 3.63) is 47.5 Å². The molecule has 2 aliphatic heterocycles. The molecule has 246 valence electrons. The maximum Gasteiger partial charge on any atom is 0.490 e. The SMILES string of the molecule is CN1CCN(CCn2cc3cc(NC(=O)c4coc5c4C(=O)NCC5)ccc3n2)CC1.O=C(O)C(F)(F)F.O=C(O)C(F)(F)F. The quantitative estimate of drug-likeness (QED) is 0.301. The molecule has 0 radical (unpaired) electrons. The van der Waals surface area contributed by atoms with Gasteiger partial charge in [-0.05, 0) is 25.2 Å². The van der Waals surface area contributed by atoms with Gasteiger partial charge in [0.05, 0.1) is 23.2 Å². The van der Waals surface area contributed by atoms with Gasteiger partial charge < -0.3 is 30.2 Å². The number of nitrogens with one attached hydrogen (secondary N) is 2. The number of carboxylic acid groups (broad SMARTS) is 2. The number of carbonyl (C=O) groups is 4. The van der Waals surface area contributed by atoms with E-state index in [1.807, 2.05) is 29.1 Å². The number of nitrogens with zero attached hydrogens (tertiary/aromatic N) is 4. The van der Waals surface area contributed by atoms with Crippen molar-refractivity contribution in [2.45, 2.75) is 25.3 Å². The summed E-state index contributed by atoms with van der Waals surface area (Å²) in [4.78, 5) is 47.5. The van der Waals surface area contributed by atoms with Crippen LogP contribution in [0.25, 0.3) is 10.9 Å². The number of hydrogen-bond donors (Lipinski definition) is 4. The van der Waals surface area contributed by atoms with Crippen LogP contribution in [-0.4, -0.2) is 112 Å². The third-order valence-electron chi connectivity index (χ3n) is 6.51. The van der Waals surface area contributed by atoms with Crippen LogP contribution in [-0.2, 0) is 22.6 Å². The highest BCUT2D eigenvalue weighted by Crippen LogP contribution is 2.23. The van der Waals surface area contributed by atoms with Gasteiger partial charge in [0.25, 0.3) is 11.8 Å². The first-order chi connectivity index (χ1) is 21.0. The fourth-order valence-corrected chi connectivity index (χ4v) is 4.16. The Labute approximate surface area is 250 Å². The van der Waals surface area contributed by atoms with Crippen LogP contribution >= 0.6 is 0 Å². The van der Waals surface area contributed by atoms with E-state index >= 15 is 0 Å². The third-order valence-corrected chi connectivity index (χ3v) is 6.51. The summed E-state index contributed by atoms with van der Waals surface area (Å²) in [6, 6.07) is 5.62. The van der Waals surface area contributed by atoms with E-state index in [0.717, 1.165) is 50.2 Å². The number of carbonyl (C=O) groups excluding carboxylic acids is 2. The summed E-state index contributed by atoms with van der Waals surface area (Å²) in [5.74, 6) is -5.58. The number of furan rings is 1. The number of hydrogen-bond acceptors (Lipinski definition) is 8. The molecule has 4 N–H and O–H groups in total. The van der Waals surface area contributed by atoms with Crippen LogP contribution in [0.4, 0.5) is 32.0 Å². The van der Waals surface area contributed by atoms with Crippen LogP contribution in [0.3, 0.4) is 0 Å². The summed E-state index contributed by atoms with van der Waals surface area (Å²) >= 11 is 0. The first-order valence-electron chi connectivity index (χ1n) is 13.1. The summed E-state index contributed by atoms with van der Waals surface area (Å²) in [5, 5.41) is 25.5. The molecule has 0 saturated carbocycles. The number of fused-ring (bicyclic) bond motifs is 2. The van der Waals surface area contributed by atoms with E-state index in [-0.39, 0.29) is 17.4 Å². The molecular weight excluding hydrogens is 622 g/mol. The van der Waals surface area contributed by atoms with Gasteiger partial charge in [0.1, 0.15) is 12.0 Å². The van der Waals surface area contributed by atoms with Crippen LogP contribution < -0.4 is 10.6 Å². The van der Waals surface area contributed by atoms with E-state index in [4.69, 9.17) is 24.2 Å². The third kappa shape index (κ3) is 9.93. The zero-order chi connectivity index (χ0) is 33.5. The predicted molar refractivity (Wildman–Crippen MR) is 144 cm³/mol. The topological polar surface area (TPSA) is 170 Å². The normalized spacial score (nSPS) is 15.6. The van der Waals surface area contributed by atoms with Crippen molar-refractivity contribution in [3.8, 4) is 0 Å². The molecule has 5 rings (SSSR count). The first kappa shape index (κ1) is 34.8. The Hall–Kier alpha value is -4.65. The van der Waals surface area contributed by atoms with E-state index in [1.54, 1.807) is 0 Å². The lowest BCUT2D eigenvalue weighted by molar-refractivity contribution is -0.193. The van der Waals surface area contributed by atoms with Crippen molar-refractivity contribution >= 4 is 40.3 Å². The van der Waals surface area contributed by atoms with Gasteiger partial charge in [0, 0.05) is 63.0 Å². The molecule has 3 aromatic rings. The minimum atomic E-state index is -5.08. The molecule has 19 heteroatoms. The molecule has 1 fully saturated rings. The van der Waals surface area contributed by atoms with Crippen molar-refractivity contribution in [1.82, 2.24) is 24.9 Å². The van der Waals surface area contributed by atoms with Crippen LogP contribution in [0.5, 0.6) is 0 Å². The van der Waals surface area contributed by atoms with Crippen molar-refractivity contribution in [1.29, 1.82) is 0 Å². The fourth-order valence-electron chi connectivity index (χ4n) is 4.16. The molecule has 1 aromatic carbocycles. The predicted octanol–water partition coefficient (Wildman–Crippen LogP) is 2.68. The smallest absolute Gasteiger partial charge is 0.475 e. The van der Waals surface area contributed by atoms with Gasteiger partial charge in [-0.3, -0.25) is 19.2 Å². The first-order valence-corrected chi connectivity index (χ1v) is 13.1. The molecule has 0 aliphatic carbocycles. The van der Waals surface area contributed by atoms with E-state index in [2.05, 4.69) is 32.6 Å². The number of rotatable bonds is 5. The monoisotopic (exact) mass is 650 g/mol. The van der Waals surface area contributed by atoms with Gasteiger partial charge in [-0.15, -0.1) is 0 Å². The number of carboxylic acids is 2. The highest BCUT2D eigenvalue weighted by atomic mass is 19.4. The van der Waals surface area contributed by atoms with E-state index < -0.39 is 24.3 Å². The molecule has 1 saturated heterocycles. The van der Waals surface area contributed by atoms with Crippen LogP contribution in [0.2, 0.25) is 0 Å². The number of aliphatic carboxylic acids is 2. The van der Waals surface area contributed by atoms with Crippen molar-refractivity contribution < 1.29 is 60.2 Å². The number of amides is 2. The molecular formula is C26H28F6N6O7. The number of piperazine rings is 1. The lowest BCUT2D eigenvalue weighted by Gasteiger charge is -2.32. The molecule has 0 atom stereocenters. The number of benzene rings is 1. The second-order valence-electron chi connectivity index (χ2n) is 9.82. The summed E-state index contributed by atoms with van der Waals surface area (Å²) in [6.45, 7) is 6.70. The van der Waals surface area contributed by atoms with Crippen LogP contribution in [0.15, 0.2) is 35.1 Å². The number of likely N-dealkylation sites (N-methyl/N-ethyl adjacent to an activating group) is 1. The number of anilines is 1. The largest absolute Gasteiger partial charge is 0.490 e. The van der Waals surface area contributed by atoms with E-state index in [0.29, 0.717) is 30.0 Å². The molecule has 0 unspecified atom stereocenters. The lowest BCUT2D eigenvalue weighted by atomic mass is 10.0. The van der Waals surface area contributed by atoms with E-state index in [9.17, 15) is 35.9 Å². The second kappa shape index (κ2) is 14.4. The number of alkyl halides is 6. The van der Waals surface area contributed by atoms with Crippen molar-refractivity contribution in [3.63, 3.8) is 0 Å². The maximum atomic E-state index is 12.8. The Morgan fingerprint density at radius 2 is 1.60 bits per heavy atom. The van der Waals surface area contributed by atoms with Crippen LogP contribution in [0.1, 0.15) is 26.5 Å². The Balaban J connectivity index is 0.000000331. The van der Waals surface area contributed by atoms with Gasteiger partial charge in [-0.2, -0.15) is 31.4 Å². The number of halogens is 6. The highest BCUT2D eigenvalue weighted by molar-refractivity contribution is 6.13. The lowest BCUT2D eigenvalue weighted by Crippen LogP contribution is -2.45. The molecule has 45 heavy (non-hydrogen) atoms. The van der Waals surface area contributed by atoms with Crippen molar-refractivity contribution in [2.24, 2.45) is 0 Å². The zero-order valence-electron chi connectivity index (χ0n) is 23.5. The van der Waals surface area contributed by atoms with Gasteiger partial charge >= 0.3 is 24.3 Å². The zero-order valence-corrected chi connectivity index (χ0v) is 23.5. The Morgan fingerprint density at radius 3 is 2.18 bits per heavy atom. The molecule has 2 aliphatic rings. The van der Waals surface area contributed by atoms with Crippen LogP contribution in [0, 0.1) is 0 Å². The molecule has 13 nitrogen and oxygen atoms in total. The van der Waals surface area contributed by atoms with Gasteiger partial charge in [-0.1, -0.05) is 0 Å². The Bertz CT molecular complexity index is 1500. The number of aromatic nitrogens is 2. The minimum absolute atomic E-state index is 0.259. The van der Waals surface area contributed by atoms with Gasteiger partial charge in [0.2, 0.25) is 0 Å². The molecule has 0 bridgehead atoms. The molecule has 2 amide bonds. The van der Waals surface area contributed by atoms with Gasteiger partial charge in [0.15, 0.2) is 0 Å². The maximum absolute atomic E-state index is 12.8. The molecule has 4 heterocycles. The average Bonchev–Trinajstić information content (AvgIpc) is 3.57. The van der Waals surface area contributed by atoms with E-state index in [1.165, 1.54) is 6.26 Å². The summed E-state index contributed by atoms with van der Waals surface area (Å²) in [6.07, 6.45) is -6.21.